The molecule has 1 saturated carbocycles. The Bertz CT molecular complexity index is 255. The van der Waals surface area contributed by atoms with E-state index in [-0.39, 0.29) is 0 Å². The molecule has 0 aromatic heterocycles. The highest BCUT2D eigenvalue weighted by Gasteiger charge is 2.42. The summed E-state index contributed by atoms with van der Waals surface area (Å²) < 4.78 is 0. The quantitative estimate of drug-likeness (QED) is 0.751. The van der Waals surface area contributed by atoms with Crippen molar-refractivity contribution in [1.29, 1.82) is 0 Å². The Morgan fingerprint density at radius 2 is 2.24 bits per heavy atom. The number of hydrogen-bond acceptors (Lipinski definition) is 2. The Balaban J connectivity index is 2.73. The summed E-state index contributed by atoms with van der Waals surface area (Å²) in [6, 6.07) is 0.349. The average Bonchev–Trinajstić information content (AvgIpc) is 2.28. The van der Waals surface area contributed by atoms with Gasteiger partial charge in [-0.3, -0.25) is 10.1 Å². The van der Waals surface area contributed by atoms with Crippen LogP contribution in [-0.2, 0) is 4.79 Å². The number of carbonyl (C=O) groups is 1. The molecule has 0 heterocycles. The summed E-state index contributed by atoms with van der Waals surface area (Å²) in [4.78, 5) is 11.6. The molecule has 0 aromatic rings. The lowest BCUT2D eigenvalue weighted by molar-refractivity contribution is -0.147. The van der Waals surface area contributed by atoms with E-state index in [9.17, 15) is 9.90 Å². The first-order valence-corrected chi connectivity index (χ1v) is 7.05. The fourth-order valence-corrected chi connectivity index (χ4v) is 3.06. The average molecular weight is 241 g/mol. The molecule has 0 amide bonds. The van der Waals surface area contributed by atoms with Crippen molar-refractivity contribution in [2.24, 2.45) is 5.92 Å². The predicted octanol–water partition coefficient (Wildman–Crippen LogP) is 3.19. The van der Waals surface area contributed by atoms with Crippen LogP contribution in [0.25, 0.3) is 0 Å². The zero-order chi connectivity index (χ0) is 12.9. The number of aliphatic carboxylic acids is 1. The molecule has 17 heavy (non-hydrogen) atoms. The molecule has 2 N–H and O–H groups in total. The van der Waals surface area contributed by atoms with Crippen molar-refractivity contribution >= 4 is 5.97 Å². The summed E-state index contributed by atoms with van der Waals surface area (Å²) in [5.74, 6) is -0.134. The minimum absolute atomic E-state index is 0.349. The van der Waals surface area contributed by atoms with E-state index in [4.69, 9.17) is 0 Å². The molecule has 3 atom stereocenters. The van der Waals surface area contributed by atoms with E-state index < -0.39 is 11.5 Å². The molecule has 1 aliphatic rings. The topological polar surface area (TPSA) is 49.3 Å². The van der Waals surface area contributed by atoms with Crippen molar-refractivity contribution in [2.75, 3.05) is 0 Å². The van der Waals surface area contributed by atoms with E-state index in [0.29, 0.717) is 12.0 Å². The maximum Gasteiger partial charge on any atom is 0.323 e. The molecular formula is C14H27NO2. The Kier molecular flexibility index (Phi) is 5.44. The van der Waals surface area contributed by atoms with Crippen LogP contribution in [0.5, 0.6) is 0 Å². The molecule has 1 aliphatic carbocycles. The van der Waals surface area contributed by atoms with Crippen LogP contribution in [0.15, 0.2) is 0 Å². The molecule has 0 bridgehead atoms. The van der Waals surface area contributed by atoms with Crippen LogP contribution in [0.3, 0.4) is 0 Å². The highest BCUT2D eigenvalue weighted by Crippen LogP contribution is 2.33. The van der Waals surface area contributed by atoms with Crippen LogP contribution in [0.2, 0.25) is 0 Å². The van der Waals surface area contributed by atoms with Gasteiger partial charge in [-0.15, -0.1) is 0 Å². The Labute approximate surface area is 105 Å². The van der Waals surface area contributed by atoms with Crippen molar-refractivity contribution in [3.63, 3.8) is 0 Å². The third kappa shape index (κ3) is 3.70. The first-order chi connectivity index (χ1) is 8.04. The molecule has 3 heteroatoms. The third-order valence-corrected chi connectivity index (χ3v) is 4.02. The zero-order valence-corrected chi connectivity index (χ0v) is 11.5. The minimum Gasteiger partial charge on any atom is -0.480 e. The first-order valence-electron chi connectivity index (χ1n) is 7.05. The normalized spacial score (nSPS) is 31.1. The largest absolute Gasteiger partial charge is 0.480 e. The number of carboxylic acid groups (broad SMARTS) is 1. The van der Waals surface area contributed by atoms with Crippen LogP contribution in [0.1, 0.15) is 65.7 Å². The summed E-state index contributed by atoms with van der Waals surface area (Å²) in [7, 11) is 0. The Morgan fingerprint density at radius 1 is 1.53 bits per heavy atom. The molecule has 1 rings (SSSR count). The van der Waals surface area contributed by atoms with E-state index >= 15 is 0 Å². The van der Waals surface area contributed by atoms with E-state index in [0.717, 1.165) is 38.5 Å². The number of nitrogens with one attached hydrogen (secondary N) is 1. The lowest BCUT2D eigenvalue weighted by atomic mass is 9.75. The van der Waals surface area contributed by atoms with Crippen molar-refractivity contribution < 1.29 is 9.90 Å². The van der Waals surface area contributed by atoms with Gasteiger partial charge in [-0.05, 0) is 31.6 Å². The second-order valence-electron chi connectivity index (χ2n) is 5.63. The Morgan fingerprint density at radius 3 is 2.71 bits per heavy atom. The predicted molar refractivity (Wildman–Crippen MR) is 70.1 cm³/mol. The Hall–Kier alpha value is -0.570. The van der Waals surface area contributed by atoms with Gasteiger partial charge in [0, 0.05) is 6.04 Å². The second-order valence-corrected chi connectivity index (χ2v) is 5.63. The molecule has 0 aliphatic heterocycles. The van der Waals surface area contributed by atoms with E-state index in [1.54, 1.807) is 0 Å². The smallest absolute Gasteiger partial charge is 0.323 e. The van der Waals surface area contributed by atoms with Crippen molar-refractivity contribution in [2.45, 2.75) is 77.3 Å². The highest BCUT2D eigenvalue weighted by atomic mass is 16.4. The molecule has 1 fully saturated rings. The van der Waals surface area contributed by atoms with Gasteiger partial charge in [-0.2, -0.15) is 0 Å². The number of rotatable bonds is 6. The van der Waals surface area contributed by atoms with Crippen molar-refractivity contribution in [3.05, 3.63) is 0 Å². The molecule has 100 valence electrons. The van der Waals surface area contributed by atoms with Crippen LogP contribution in [0.4, 0.5) is 0 Å². The van der Waals surface area contributed by atoms with Gasteiger partial charge in [-0.1, -0.05) is 40.0 Å². The van der Waals surface area contributed by atoms with E-state index in [1.165, 1.54) is 6.42 Å². The van der Waals surface area contributed by atoms with Gasteiger partial charge in [0.05, 0.1) is 0 Å². The molecule has 3 unspecified atom stereocenters. The van der Waals surface area contributed by atoms with Gasteiger partial charge >= 0.3 is 5.97 Å². The molecular weight excluding hydrogens is 214 g/mol. The molecule has 0 aromatic carbocycles. The van der Waals surface area contributed by atoms with Crippen LogP contribution in [-0.4, -0.2) is 22.7 Å². The third-order valence-electron chi connectivity index (χ3n) is 4.02. The zero-order valence-electron chi connectivity index (χ0n) is 11.5. The summed E-state index contributed by atoms with van der Waals surface area (Å²) in [6.07, 6.45) is 6.95. The summed E-state index contributed by atoms with van der Waals surface area (Å²) in [5, 5.41) is 13.0. The van der Waals surface area contributed by atoms with Crippen molar-refractivity contribution in [1.82, 2.24) is 5.32 Å². The first kappa shape index (κ1) is 14.5. The number of hydrogen-bond donors (Lipinski definition) is 2. The van der Waals surface area contributed by atoms with Gasteiger partial charge < -0.3 is 5.11 Å². The second kappa shape index (κ2) is 6.39. The summed E-state index contributed by atoms with van der Waals surface area (Å²) in [5.41, 5.74) is -0.659. The van der Waals surface area contributed by atoms with Gasteiger partial charge in [0.15, 0.2) is 0 Å². The SMILES string of the molecule is CCCC(CC)NC1(C(=O)O)CCCC(C)C1. The molecule has 0 spiro atoms. The van der Waals surface area contributed by atoms with Crippen LogP contribution >= 0.6 is 0 Å². The molecule has 3 nitrogen and oxygen atoms in total. The fourth-order valence-electron chi connectivity index (χ4n) is 3.06. The van der Waals surface area contributed by atoms with Gasteiger partial charge in [0.1, 0.15) is 5.54 Å². The minimum atomic E-state index is -0.659. The highest BCUT2D eigenvalue weighted by molar-refractivity contribution is 5.79. The molecule has 0 radical (unpaired) electrons. The lowest BCUT2D eigenvalue weighted by Gasteiger charge is -2.40. The monoisotopic (exact) mass is 241 g/mol. The summed E-state index contributed by atoms with van der Waals surface area (Å²) in [6.45, 7) is 6.45. The van der Waals surface area contributed by atoms with Crippen LogP contribution in [0, 0.1) is 5.92 Å². The maximum absolute atomic E-state index is 11.6. The van der Waals surface area contributed by atoms with Crippen molar-refractivity contribution in [3.8, 4) is 0 Å². The number of carboxylic acids is 1. The maximum atomic E-state index is 11.6. The summed E-state index contributed by atoms with van der Waals surface area (Å²) >= 11 is 0. The standard InChI is InChI=1S/C14H27NO2/c1-4-7-12(5-2)15-14(13(16)17)9-6-8-11(3)10-14/h11-12,15H,4-10H2,1-3H3,(H,16,17). The van der Waals surface area contributed by atoms with Crippen LogP contribution < -0.4 is 5.32 Å². The molecule has 0 saturated heterocycles. The van der Waals surface area contributed by atoms with E-state index in [2.05, 4.69) is 26.1 Å². The lowest BCUT2D eigenvalue weighted by Crippen LogP contribution is -2.58. The van der Waals surface area contributed by atoms with E-state index in [1.807, 2.05) is 0 Å². The van der Waals surface area contributed by atoms with Gasteiger partial charge in [-0.25, -0.2) is 0 Å². The van der Waals surface area contributed by atoms with Gasteiger partial charge in [0.25, 0.3) is 0 Å². The van der Waals surface area contributed by atoms with Gasteiger partial charge in [0.2, 0.25) is 0 Å². The fraction of sp³-hybridized carbons (Fsp3) is 0.929.